The van der Waals surface area contributed by atoms with Gasteiger partial charge in [-0.15, -0.1) is 12.4 Å². The standard InChI is InChI=1S/C18H24FN3O2.ClH/c19-15-3-1-14(2-4-15)17(24)21-9-5-16(23)22-11-7-18(8-12-22)6-10-20-13-18;/h1-4,20H,5-13H2,(H,21,24);1H. The molecule has 1 spiro atoms. The molecule has 1 aromatic rings. The van der Waals surface area contributed by atoms with Crippen molar-refractivity contribution in [1.29, 1.82) is 0 Å². The number of hydrogen-bond acceptors (Lipinski definition) is 3. The molecular formula is C18H25ClFN3O2. The van der Waals surface area contributed by atoms with E-state index in [9.17, 15) is 14.0 Å². The van der Waals surface area contributed by atoms with E-state index < -0.39 is 0 Å². The molecule has 0 radical (unpaired) electrons. The monoisotopic (exact) mass is 369 g/mol. The molecule has 2 amide bonds. The average molecular weight is 370 g/mol. The summed E-state index contributed by atoms with van der Waals surface area (Å²) in [5.41, 5.74) is 0.797. The number of carbonyl (C=O) groups excluding carboxylic acids is 2. The minimum Gasteiger partial charge on any atom is -0.352 e. The molecule has 0 bridgehead atoms. The minimum atomic E-state index is -0.373. The van der Waals surface area contributed by atoms with Crippen molar-refractivity contribution in [3.8, 4) is 0 Å². The van der Waals surface area contributed by atoms with Gasteiger partial charge in [-0.1, -0.05) is 0 Å². The van der Waals surface area contributed by atoms with E-state index in [1.54, 1.807) is 0 Å². The highest BCUT2D eigenvalue weighted by Crippen LogP contribution is 2.36. The molecule has 0 unspecified atom stereocenters. The molecule has 2 heterocycles. The van der Waals surface area contributed by atoms with Crippen LogP contribution in [-0.4, -0.2) is 49.4 Å². The number of carbonyl (C=O) groups is 2. The van der Waals surface area contributed by atoms with Gasteiger partial charge in [-0.25, -0.2) is 4.39 Å². The van der Waals surface area contributed by atoms with E-state index in [1.165, 1.54) is 30.7 Å². The smallest absolute Gasteiger partial charge is 0.251 e. The number of likely N-dealkylation sites (tertiary alicyclic amines) is 1. The number of piperidine rings is 1. The number of nitrogens with zero attached hydrogens (tertiary/aromatic N) is 1. The second-order valence-corrected chi connectivity index (χ2v) is 6.82. The van der Waals surface area contributed by atoms with Crippen LogP contribution in [0.4, 0.5) is 4.39 Å². The third kappa shape index (κ3) is 4.92. The van der Waals surface area contributed by atoms with Crippen molar-refractivity contribution in [2.75, 3.05) is 32.7 Å². The molecule has 2 aliphatic heterocycles. The van der Waals surface area contributed by atoms with E-state index in [-0.39, 0.29) is 30.0 Å². The van der Waals surface area contributed by atoms with Gasteiger partial charge in [-0.3, -0.25) is 9.59 Å². The zero-order valence-corrected chi connectivity index (χ0v) is 15.0. The summed E-state index contributed by atoms with van der Waals surface area (Å²) in [5.74, 6) is -0.560. The van der Waals surface area contributed by atoms with Crippen LogP contribution >= 0.6 is 12.4 Å². The van der Waals surface area contributed by atoms with Crippen LogP contribution in [0.15, 0.2) is 24.3 Å². The molecule has 2 N–H and O–H groups in total. The Labute approximate surface area is 153 Å². The quantitative estimate of drug-likeness (QED) is 0.853. The highest BCUT2D eigenvalue weighted by molar-refractivity contribution is 5.94. The van der Waals surface area contributed by atoms with Gasteiger partial charge in [0.2, 0.25) is 5.91 Å². The molecular weight excluding hydrogens is 345 g/mol. The Bertz CT molecular complexity index is 593. The fourth-order valence-electron chi connectivity index (χ4n) is 3.60. The van der Waals surface area contributed by atoms with Gasteiger partial charge >= 0.3 is 0 Å². The predicted molar refractivity (Wildman–Crippen MR) is 96.3 cm³/mol. The Hall–Kier alpha value is -1.66. The summed E-state index contributed by atoms with van der Waals surface area (Å²) in [5, 5.41) is 6.14. The van der Waals surface area contributed by atoms with E-state index in [0.29, 0.717) is 23.9 Å². The minimum absolute atomic E-state index is 0. The maximum Gasteiger partial charge on any atom is 0.251 e. The van der Waals surface area contributed by atoms with Crippen LogP contribution in [0.2, 0.25) is 0 Å². The summed E-state index contributed by atoms with van der Waals surface area (Å²) in [7, 11) is 0. The fraction of sp³-hybridized carbons (Fsp3) is 0.556. The highest BCUT2D eigenvalue weighted by atomic mass is 35.5. The maximum absolute atomic E-state index is 12.8. The van der Waals surface area contributed by atoms with E-state index in [4.69, 9.17) is 0 Å². The molecule has 25 heavy (non-hydrogen) atoms. The Morgan fingerprint density at radius 1 is 1.16 bits per heavy atom. The second-order valence-electron chi connectivity index (χ2n) is 6.82. The summed E-state index contributed by atoms with van der Waals surface area (Å²) in [4.78, 5) is 26.1. The summed E-state index contributed by atoms with van der Waals surface area (Å²) in [6.45, 7) is 4.09. The molecule has 1 aromatic carbocycles. The van der Waals surface area contributed by atoms with E-state index >= 15 is 0 Å². The predicted octanol–water partition coefficient (Wildman–Crippen LogP) is 1.97. The van der Waals surface area contributed by atoms with Crippen LogP contribution in [0.5, 0.6) is 0 Å². The van der Waals surface area contributed by atoms with Crippen molar-refractivity contribution >= 4 is 24.2 Å². The second kappa shape index (κ2) is 8.63. The lowest BCUT2D eigenvalue weighted by atomic mass is 9.78. The van der Waals surface area contributed by atoms with Crippen LogP contribution < -0.4 is 10.6 Å². The Kier molecular flexibility index (Phi) is 6.79. The lowest BCUT2D eigenvalue weighted by Crippen LogP contribution is -2.44. The van der Waals surface area contributed by atoms with Gasteiger partial charge in [0.05, 0.1) is 0 Å². The van der Waals surface area contributed by atoms with Gasteiger partial charge in [-0.2, -0.15) is 0 Å². The molecule has 7 heteroatoms. The SMILES string of the molecule is Cl.O=C(NCCC(=O)N1CCC2(CCNC2)CC1)c1ccc(F)cc1. The summed E-state index contributed by atoms with van der Waals surface area (Å²) in [6, 6.07) is 5.38. The lowest BCUT2D eigenvalue weighted by Gasteiger charge is -2.39. The highest BCUT2D eigenvalue weighted by Gasteiger charge is 2.37. The number of halogens is 2. The van der Waals surface area contributed by atoms with Crippen LogP contribution in [0.1, 0.15) is 36.0 Å². The largest absolute Gasteiger partial charge is 0.352 e. The van der Waals surface area contributed by atoms with Crippen molar-refractivity contribution < 1.29 is 14.0 Å². The van der Waals surface area contributed by atoms with Gasteiger partial charge in [0.15, 0.2) is 0 Å². The van der Waals surface area contributed by atoms with Gasteiger partial charge in [-0.05, 0) is 55.5 Å². The summed E-state index contributed by atoms with van der Waals surface area (Å²) < 4.78 is 12.8. The first-order valence-electron chi connectivity index (χ1n) is 8.60. The van der Waals surface area contributed by atoms with E-state index in [0.717, 1.165) is 39.0 Å². The van der Waals surface area contributed by atoms with E-state index in [1.807, 2.05) is 4.90 Å². The van der Waals surface area contributed by atoms with Crippen molar-refractivity contribution in [3.63, 3.8) is 0 Å². The van der Waals surface area contributed by atoms with Gasteiger partial charge in [0.1, 0.15) is 5.82 Å². The molecule has 0 saturated carbocycles. The number of rotatable bonds is 4. The molecule has 3 rings (SSSR count). The van der Waals surface area contributed by atoms with Crippen LogP contribution in [-0.2, 0) is 4.79 Å². The van der Waals surface area contributed by atoms with Gasteiger partial charge in [0.25, 0.3) is 5.91 Å². The van der Waals surface area contributed by atoms with E-state index in [2.05, 4.69) is 10.6 Å². The lowest BCUT2D eigenvalue weighted by molar-refractivity contribution is -0.133. The summed E-state index contributed by atoms with van der Waals surface area (Å²) >= 11 is 0. The zero-order valence-electron chi connectivity index (χ0n) is 14.2. The van der Waals surface area contributed by atoms with Gasteiger partial charge < -0.3 is 15.5 Å². The number of amides is 2. The molecule has 2 fully saturated rings. The Morgan fingerprint density at radius 3 is 2.44 bits per heavy atom. The van der Waals surface area contributed by atoms with Crippen LogP contribution in [0.3, 0.4) is 0 Å². The third-order valence-electron chi connectivity index (χ3n) is 5.24. The number of nitrogens with one attached hydrogen (secondary N) is 2. The maximum atomic E-state index is 12.8. The first-order chi connectivity index (χ1) is 11.6. The van der Waals surface area contributed by atoms with Gasteiger partial charge in [0, 0.05) is 38.2 Å². The van der Waals surface area contributed by atoms with Crippen LogP contribution in [0.25, 0.3) is 0 Å². The molecule has 0 atom stereocenters. The average Bonchev–Trinajstić information content (AvgIpc) is 3.04. The molecule has 2 aliphatic rings. The molecule has 0 aliphatic carbocycles. The topological polar surface area (TPSA) is 61.4 Å². The van der Waals surface area contributed by atoms with Crippen molar-refractivity contribution in [1.82, 2.24) is 15.5 Å². The fourth-order valence-corrected chi connectivity index (χ4v) is 3.60. The van der Waals surface area contributed by atoms with Crippen molar-refractivity contribution in [2.45, 2.75) is 25.7 Å². The normalized spacial score (nSPS) is 18.7. The molecule has 138 valence electrons. The van der Waals surface area contributed by atoms with Crippen molar-refractivity contribution in [2.24, 2.45) is 5.41 Å². The first kappa shape index (κ1) is 19.7. The number of benzene rings is 1. The Morgan fingerprint density at radius 2 is 1.84 bits per heavy atom. The first-order valence-corrected chi connectivity index (χ1v) is 8.60. The van der Waals surface area contributed by atoms with Crippen molar-refractivity contribution in [3.05, 3.63) is 35.6 Å². The molecule has 2 saturated heterocycles. The third-order valence-corrected chi connectivity index (χ3v) is 5.24. The van der Waals surface area contributed by atoms with Crippen LogP contribution in [0, 0.1) is 11.2 Å². The molecule has 0 aromatic heterocycles. The Balaban J connectivity index is 0.00000225. The number of hydrogen-bond donors (Lipinski definition) is 2. The molecule has 5 nitrogen and oxygen atoms in total. The zero-order chi connectivity index (χ0) is 17.0. The summed E-state index contributed by atoms with van der Waals surface area (Å²) in [6.07, 6.45) is 3.64.